The molecule has 0 aliphatic carbocycles. The Hall–Kier alpha value is -2.30. The van der Waals surface area contributed by atoms with Gasteiger partial charge in [-0.15, -0.1) is 0 Å². The third kappa shape index (κ3) is 2.63. The van der Waals surface area contributed by atoms with E-state index in [2.05, 4.69) is 10.3 Å². The highest BCUT2D eigenvalue weighted by Gasteiger charge is 2.05. The summed E-state index contributed by atoms with van der Waals surface area (Å²) < 4.78 is 26.4. The van der Waals surface area contributed by atoms with Gasteiger partial charge in [0.2, 0.25) is 0 Å². The fraction of sp³-hybridized carbons (Fsp3) is 0. The molecule has 5 heteroatoms. The molecule has 2 aromatic rings. The normalized spacial score (nSPS) is 10.0. The average Bonchev–Trinajstić information content (AvgIpc) is 2.31. The van der Waals surface area contributed by atoms with E-state index < -0.39 is 11.6 Å². The second kappa shape index (κ2) is 4.69. The second-order valence-electron chi connectivity index (χ2n) is 3.32. The fourth-order valence-corrected chi connectivity index (χ4v) is 1.34. The summed E-state index contributed by atoms with van der Waals surface area (Å²) >= 11 is 0. The molecule has 17 heavy (non-hydrogen) atoms. The van der Waals surface area contributed by atoms with Crippen molar-refractivity contribution in [2.45, 2.75) is 0 Å². The van der Waals surface area contributed by atoms with Crippen LogP contribution in [0.25, 0.3) is 0 Å². The minimum Gasteiger partial charge on any atom is -0.338 e. The maximum atomic E-state index is 13.3. The summed E-state index contributed by atoms with van der Waals surface area (Å²) in [5, 5.41) is 2.60. The van der Waals surface area contributed by atoms with Crippen LogP contribution in [0, 0.1) is 11.6 Å². The first kappa shape index (κ1) is 11.2. The van der Waals surface area contributed by atoms with E-state index in [1.807, 2.05) is 0 Å². The van der Waals surface area contributed by atoms with Crippen molar-refractivity contribution in [3.63, 3.8) is 0 Å². The largest absolute Gasteiger partial charge is 0.338 e. The van der Waals surface area contributed by atoms with Crippen molar-refractivity contribution >= 4 is 17.8 Å². The molecule has 0 bridgehead atoms. The van der Waals surface area contributed by atoms with Crippen LogP contribution < -0.4 is 5.32 Å². The summed E-state index contributed by atoms with van der Waals surface area (Å²) in [7, 11) is 0. The summed E-state index contributed by atoms with van der Waals surface area (Å²) in [4.78, 5) is 14.3. The van der Waals surface area contributed by atoms with Gasteiger partial charge in [0.15, 0.2) is 6.29 Å². The first-order chi connectivity index (χ1) is 8.19. The van der Waals surface area contributed by atoms with E-state index in [0.717, 1.165) is 12.1 Å². The Labute approximate surface area is 96.1 Å². The molecule has 0 saturated carbocycles. The highest BCUT2D eigenvalue weighted by atomic mass is 19.1. The molecule has 0 saturated heterocycles. The van der Waals surface area contributed by atoms with Crippen molar-refractivity contribution < 1.29 is 13.6 Å². The van der Waals surface area contributed by atoms with Gasteiger partial charge in [0.05, 0.1) is 5.69 Å². The van der Waals surface area contributed by atoms with Gasteiger partial charge >= 0.3 is 0 Å². The van der Waals surface area contributed by atoms with Crippen molar-refractivity contribution in [3.05, 3.63) is 53.7 Å². The van der Waals surface area contributed by atoms with E-state index in [9.17, 15) is 13.6 Å². The molecule has 0 atom stereocenters. The Morgan fingerprint density at radius 1 is 1.18 bits per heavy atom. The molecule has 0 spiro atoms. The second-order valence-corrected chi connectivity index (χ2v) is 3.32. The first-order valence-corrected chi connectivity index (χ1v) is 4.83. The van der Waals surface area contributed by atoms with Crippen LogP contribution in [0.3, 0.4) is 0 Å². The molecule has 1 aromatic heterocycles. The minimum atomic E-state index is -0.610. The van der Waals surface area contributed by atoms with Gasteiger partial charge in [0.25, 0.3) is 0 Å². The topological polar surface area (TPSA) is 42.0 Å². The lowest BCUT2D eigenvalue weighted by Crippen LogP contribution is -1.99. The molecule has 0 unspecified atom stereocenters. The van der Waals surface area contributed by atoms with E-state index in [1.54, 1.807) is 6.07 Å². The number of benzene rings is 1. The smallest absolute Gasteiger partial charge is 0.168 e. The van der Waals surface area contributed by atoms with Crippen molar-refractivity contribution in [2.75, 3.05) is 5.32 Å². The third-order valence-corrected chi connectivity index (χ3v) is 2.07. The molecule has 1 heterocycles. The Balaban J connectivity index is 2.33. The number of nitrogens with zero attached hydrogens (tertiary/aromatic N) is 1. The molecule has 1 N–H and O–H groups in total. The molecule has 0 radical (unpaired) electrons. The Morgan fingerprint density at radius 2 is 1.94 bits per heavy atom. The number of pyridine rings is 1. The van der Waals surface area contributed by atoms with Crippen LogP contribution in [0.1, 0.15) is 10.5 Å². The highest BCUT2D eigenvalue weighted by Crippen LogP contribution is 2.18. The van der Waals surface area contributed by atoms with Crippen LogP contribution in [-0.4, -0.2) is 11.3 Å². The molecule has 0 fully saturated rings. The molecule has 0 aliphatic heterocycles. The number of carbonyl (C=O) groups is 1. The standard InChI is InChI=1S/C12H8F2N2O/c13-8-5-9(7-17)15-12(6-8)16-11-4-2-1-3-10(11)14/h1-7H,(H,15,16). The maximum absolute atomic E-state index is 13.3. The average molecular weight is 234 g/mol. The number of carbonyl (C=O) groups excluding carboxylic acids is 1. The summed E-state index contributed by atoms with van der Waals surface area (Å²) in [5.74, 6) is -1.01. The van der Waals surface area contributed by atoms with Gasteiger partial charge in [0, 0.05) is 12.1 Å². The van der Waals surface area contributed by atoms with Crippen LogP contribution in [0.4, 0.5) is 20.3 Å². The van der Waals surface area contributed by atoms with E-state index in [4.69, 9.17) is 0 Å². The lowest BCUT2D eigenvalue weighted by Gasteiger charge is -2.06. The van der Waals surface area contributed by atoms with Gasteiger partial charge in [-0.1, -0.05) is 12.1 Å². The van der Waals surface area contributed by atoms with Gasteiger partial charge in [-0.05, 0) is 12.1 Å². The quantitative estimate of drug-likeness (QED) is 0.830. The lowest BCUT2D eigenvalue weighted by atomic mass is 10.3. The fourth-order valence-electron chi connectivity index (χ4n) is 1.34. The van der Waals surface area contributed by atoms with Crippen LogP contribution in [0.2, 0.25) is 0 Å². The van der Waals surface area contributed by atoms with E-state index in [0.29, 0.717) is 6.29 Å². The van der Waals surface area contributed by atoms with Gasteiger partial charge in [-0.2, -0.15) is 0 Å². The predicted molar refractivity (Wildman–Crippen MR) is 59.3 cm³/mol. The Bertz CT molecular complexity index is 558. The van der Waals surface area contributed by atoms with Crippen molar-refractivity contribution in [2.24, 2.45) is 0 Å². The summed E-state index contributed by atoms with van der Waals surface area (Å²) in [5.41, 5.74) is 0.117. The molecule has 2 rings (SSSR count). The summed E-state index contributed by atoms with van der Waals surface area (Å²) in [6, 6.07) is 8.01. The van der Waals surface area contributed by atoms with Gasteiger partial charge in [-0.3, -0.25) is 4.79 Å². The molecular formula is C12H8F2N2O. The molecule has 1 aromatic carbocycles. The van der Waals surface area contributed by atoms with Crippen LogP contribution >= 0.6 is 0 Å². The number of hydrogen-bond acceptors (Lipinski definition) is 3. The zero-order valence-corrected chi connectivity index (χ0v) is 8.65. The SMILES string of the molecule is O=Cc1cc(F)cc(Nc2ccccc2F)n1. The Kier molecular flexibility index (Phi) is 3.09. The summed E-state index contributed by atoms with van der Waals surface area (Å²) in [6.07, 6.45) is 0.426. The molecular weight excluding hydrogens is 226 g/mol. The van der Waals surface area contributed by atoms with Crippen molar-refractivity contribution in [1.29, 1.82) is 0 Å². The third-order valence-electron chi connectivity index (χ3n) is 2.07. The number of aldehydes is 1. The van der Waals surface area contributed by atoms with Crippen molar-refractivity contribution in [1.82, 2.24) is 4.98 Å². The number of rotatable bonds is 3. The number of anilines is 2. The predicted octanol–water partition coefficient (Wildman–Crippen LogP) is 2.92. The number of aromatic nitrogens is 1. The minimum absolute atomic E-state index is 0.0520. The molecule has 0 aliphatic rings. The first-order valence-electron chi connectivity index (χ1n) is 4.83. The van der Waals surface area contributed by atoms with Crippen LogP contribution in [-0.2, 0) is 0 Å². The monoisotopic (exact) mass is 234 g/mol. The van der Waals surface area contributed by atoms with Gasteiger partial charge in [0.1, 0.15) is 23.1 Å². The lowest BCUT2D eigenvalue weighted by molar-refractivity contribution is 0.111. The van der Waals surface area contributed by atoms with E-state index in [1.165, 1.54) is 18.2 Å². The zero-order chi connectivity index (χ0) is 12.3. The van der Waals surface area contributed by atoms with Crippen LogP contribution in [0.5, 0.6) is 0 Å². The highest BCUT2D eigenvalue weighted by molar-refractivity contribution is 5.73. The number of halogens is 2. The molecule has 3 nitrogen and oxygen atoms in total. The van der Waals surface area contributed by atoms with Crippen molar-refractivity contribution in [3.8, 4) is 0 Å². The maximum Gasteiger partial charge on any atom is 0.168 e. The number of para-hydroxylation sites is 1. The van der Waals surface area contributed by atoms with E-state index in [-0.39, 0.29) is 17.2 Å². The van der Waals surface area contributed by atoms with Gasteiger partial charge < -0.3 is 5.32 Å². The van der Waals surface area contributed by atoms with E-state index >= 15 is 0 Å². The molecule has 86 valence electrons. The Morgan fingerprint density at radius 3 is 2.65 bits per heavy atom. The number of nitrogens with one attached hydrogen (secondary N) is 1. The van der Waals surface area contributed by atoms with Crippen LogP contribution in [0.15, 0.2) is 36.4 Å². The number of hydrogen-bond donors (Lipinski definition) is 1. The summed E-state index contributed by atoms with van der Waals surface area (Å²) in [6.45, 7) is 0. The molecule has 0 amide bonds. The van der Waals surface area contributed by atoms with Gasteiger partial charge in [-0.25, -0.2) is 13.8 Å². The zero-order valence-electron chi connectivity index (χ0n) is 8.65.